The van der Waals surface area contributed by atoms with Gasteiger partial charge in [-0.25, -0.2) is 5.53 Å². The van der Waals surface area contributed by atoms with Crippen LogP contribution in [0.3, 0.4) is 0 Å². The maximum Gasteiger partial charge on any atom is 0.258 e. The summed E-state index contributed by atoms with van der Waals surface area (Å²) in [6.45, 7) is 5.67. The van der Waals surface area contributed by atoms with Gasteiger partial charge in [-0.1, -0.05) is 5.16 Å². The molecule has 0 saturated carbocycles. The zero-order valence-electron chi connectivity index (χ0n) is 14.8. The zero-order chi connectivity index (χ0) is 18.7. The topological polar surface area (TPSA) is 120 Å². The van der Waals surface area contributed by atoms with E-state index in [-0.39, 0.29) is 0 Å². The summed E-state index contributed by atoms with van der Waals surface area (Å²) in [5.74, 6) is 0.823. The Bertz CT molecular complexity index is 929. The molecule has 1 aromatic carbocycles. The van der Waals surface area contributed by atoms with Crippen molar-refractivity contribution in [1.82, 2.24) is 15.1 Å². The molecule has 3 N–H and O–H groups in total. The molecule has 0 aliphatic heterocycles. The fourth-order valence-corrected chi connectivity index (χ4v) is 2.39. The molecule has 3 rings (SSSR count). The van der Waals surface area contributed by atoms with Gasteiger partial charge in [0.1, 0.15) is 5.69 Å². The van der Waals surface area contributed by atoms with Crippen molar-refractivity contribution in [3.05, 3.63) is 42.2 Å². The Morgan fingerprint density at radius 1 is 1.31 bits per heavy atom. The van der Waals surface area contributed by atoms with Gasteiger partial charge < -0.3 is 14.9 Å². The van der Waals surface area contributed by atoms with Crippen molar-refractivity contribution in [2.45, 2.75) is 26.4 Å². The molecule has 2 heterocycles. The number of rotatable bonds is 6. The largest absolute Gasteiger partial charge is 0.389 e. The number of aliphatic hydroxyl groups is 1. The first-order chi connectivity index (χ1) is 12.4. The molecule has 0 unspecified atom stereocenters. The Labute approximate surface area is 150 Å². The lowest BCUT2D eigenvalue weighted by atomic mass is 10.1. The first-order valence-corrected chi connectivity index (χ1v) is 8.10. The lowest BCUT2D eigenvalue weighted by Crippen LogP contribution is -2.29. The van der Waals surface area contributed by atoms with Crippen LogP contribution in [0.4, 0.5) is 11.4 Å². The fourth-order valence-electron chi connectivity index (χ4n) is 2.39. The van der Waals surface area contributed by atoms with Gasteiger partial charge in [0.15, 0.2) is 0 Å². The number of nitrogens with zero attached hydrogens (tertiary/aromatic N) is 4. The molecule has 8 heteroatoms. The number of aryl methyl sites for hydroxylation is 1. The second-order valence-corrected chi connectivity index (χ2v) is 6.62. The third-order valence-electron chi connectivity index (χ3n) is 3.76. The molecule has 0 bridgehead atoms. The van der Waals surface area contributed by atoms with Crippen molar-refractivity contribution < 1.29 is 9.63 Å². The summed E-state index contributed by atoms with van der Waals surface area (Å²) in [6.07, 6.45) is 3.42. The van der Waals surface area contributed by atoms with Gasteiger partial charge >= 0.3 is 0 Å². The number of benzene rings is 1. The first-order valence-electron chi connectivity index (χ1n) is 8.10. The van der Waals surface area contributed by atoms with E-state index < -0.39 is 5.60 Å². The number of hydrogen-bond acceptors (Lipinski definition) is 8. The number of hydrogen-bond donors (Lipinski definition) is 3. The maximum absolute atomic E-state index is 9.83. The number of pyridine rings is 1. The Kier molecular flexibility index (Phi) is 4.77. The van der Waals surface area contributed by atoms with Crippen LogP contribution in [0.5, 0.6) is 0 Å². The smallest absolute Gasteiger partial charge is 0.258 e. The Balaban J connectivity index is 1.89. The van der Waals surface area contributed by atoms with Crippen molar-refractivity contribution in [3.8, 4) is 22.8 Å². The van der Waals surface area contributed by atoms with Crippen molar-refractivity contribution in [2.75, 3.05) is 11.9 Å². The van der Waals surface area contributed by atoms with Crippen LogP contribution in [0.1, 0.15) is 19.4 Å². The van der Waals surface area contributed by atoms with E-state index >= 15 is 0 Å². The van der Waals surface area contributed by atoms with E-state index in [1.54, 1.807) is 44.4 Å². The summed E-state index contributed by atoms with van der Waals surface area (Å²) in [4.78, 5) is 8.49. The molecule has 0 fully saturated rings. The third kappa shape index (κ3) is 3.92. The number of anilines is 1. The lowest BCUT2D eigenvalue weighted by molar-refractivity contribution is 0.0945. The van der Waals surface area contributed by atoms with Gasteiger partial charge in [0, 0.05) is 30.1 Å². The standard InChI is InChI=1S/C18H20N6O2/c1-11-9-20-7-6-13(11)16-22-17(26-24-16)12-4-5-14(15(8-12)23-19)21-10-18(2,3)25/h4-9,19,21,25H,10H2,1-3H3. The van der Waals surface area contributed by atoms with Gasteiger partial charge in [-0.15, -0.1) is 0 Å². The van der Waals surface area contributed by atoms with Gasteiger partial charge in [-0.2, -0.15) is 10.1 Å². The molecule has 0 spiro atoms. The van der Waals surface area contributed by atoms with E-state index in [2.05, 4.69) is 25.6 Å². The molecule has 0 radical (unpaired) electrons. The molecule has 0 aliphatic carbocycles. The summed E-state index contributed by atoms with van der Waals surface area (Å²) < 4.78 is 5.37. The highest BCUT2D eigenvalue weighted by Crippen LogP contribution is 2.32. The van der Waals surface area contributed by atoms with Gasteiger partial charge in [-0.3, -0.25) is 4.98 Å². The zero-order valence-corrected chi connectivity index (χ0v) is 14.8. The normalized spacial score (nSPS) is 11.4. The Morgan fingerprint density at radius 2 is 2.12 bits per heavy atom. The van der Waals surface area contributed by atoms with Crippen molar-refractivity contribution >= 4 is 11.4 Å². The molecular weight excluding hydrogens is 332 g/mol. The molecule has 8 nitrogen and oxygen atoms in total. The average molecular weight is 352 g/mol. The molecule has 0 amide bonds. The van der Waals surface area contributed by atoms with Crippen LogP contribution in [0, 0.1) is 12.5 Å². The van der Waals surface area contributed by atoms with E-state index in [1.807, 2.05) is 13.0 Å². The average Bonchev–Trinajstić information content (AvgIpc) is 3.09. The maximum atomic E-state index is 9.83. The predicted molar refractivity (Wildman–Crippen MR) is 97.3 cm³/mol. The second kappa shape index (κ2) is 7.01. The van der Waals surface area contributed by atoms with Crippen LogP contribution in [0.2, 0.25) is 0 Å². The van der Waals surface area contributed by atoms with Crippen LogP contribution in [-0.4, -0.2) is 32.4 Å². The van der Waals surface area contributed by atoms with E-state index in [0.29, 0.717) is 35.2 Å². The second-order valence-electron chi connectivity index (χ2n) is 6.62. The van der Waals surface area contributed by atoms with Gasteiger partial charge in [-0.05, 0) is 50.6 Å². The quantitative estimate of drug-likeness (QED) is 0.578. The lowest BCUT2D eigenvalue weighted by Gasteiger charge is -2.19. The van der Waals surface area contributed by atoms with Gasteiger partial charge in [0.2, 0.25) is 5.82 Å². The van der Waals surface area contributed by atoms with Crippen LogP contribution in [0.15, 0.2) is 46.3 Å². The minimum atomic E-state index is -0.873. The van der Waals surface area contributed by atoms with E-state index in [1.165, 1.54) is 0 Å². The minimum absolute atomic E-state index is 0.334. The highest BCUT2D eigenvalue weighted by atomic mass is 16.5. The molecule has 3 aromatic rings. The van der Waals surface area contributed by atoms with Gasteiger partial charge in [0.05, 0.1) is 11.3 Å². The third-order valence-corrected chi connectivity index (χ3v) is 3.76. The van der Waals surface area contributed by atoms with Crippen LogP contribution in [-0.2, 0) is 0 Å². The Morgan fingerprint density at radius 3 is 2.81 bits per heavy atom. The minimum Gasteiger partial charge on any atom is -0.389 e. The van der Waals surface area contributed by atoms with E-state index in [4.69, 9.17) is 10.1 Å². The van der Waals surface area contributed by atoms with E-state index in [9.17, 15) is 5.11 Å². The first kappa shape index (κ1) is 17.7. The highest BCUT2D eigenvalue weighted by molar-refractivity contribution is 5.73. The molecule has 0 atom stereocenters. The van der Waals surface area contributed by atoms with Crippen molar-refractivity contribution in [3.63, 3.8) is 0 Å². The number of aromatic nitrogens is 3. The van der Waals surface area contributed by atoms with Crippen LogP contribution >= 0.6 is 0 Å². The predicted octanol–water partition coefficient (Wildman–Crippen LogP) is 3.95. The fraction of sp³-hybridized carbons (Fsp3) is 0.278. The summed E-state index contributed by atoms with van der Waals surface area (Å²) in [7, 11) is 0. The summed E-state index contributed by atoms with van der Waals surface area (Å²) >= 11 is 0. The van der Waals surface area contributed by atoms with Gasteiger partial charge in [0.25, 0.3) is 5.89 Å². The molecule has 26 heavy (non-hydrogen) atoms. The summed E-state index contributed by atoms with van der Waals surface area (Å²) in [5, 5.41) is 20.5. The van der Waals surface area contributed by atoms with Crippen LogP contribution in [0.25, 0.3) is 22.8 Å². The summed E-state index contributed by atoms with van der Waals surface area (Å²) in [6, 6.07) is 7.10. The molecule has 0 aliphatic rings. The van der Waals surface area contributed by atoms with Crippen LogP contribution < -0.4 is 5.32 Å². The SMILES string of the molecule is Cc1cnccc1-c1noc(-c2ccc(NCC(C)(C)O)c(N=N)c2)n1. The van der Waals surface area contributed by atoms with Crippen molar-refractivity contribution in [1.29, 1.82) is 5.53 Å². The van der Waals surface area contributed by atoms with Crippen molar-refractivity contribution in [2.24, 2.45) is 5.11 Å². The molecule has 2 aromatic heterocycles. The summed E-state index contributed by atoms with van der Waals surface area (Å²) in [5.41, 5.74) is 10.1. The monoisotopic (exact) mass is 352 g/mol. The molecule has 134 valence electrons. The molecule has 0 saturated heterocycles. The Hall–Kier alpha value is -3.13. The number of nitrogens with one attached hydrogen (secondary N) is 2. The van der Waals surface area contributed by atoms with E-state index in [0.717, 1.165) is 11.1 Å². The highest BCUT2D eigenvalue weighted by Gasteiger charge is 2.16. The molecular formula is C18H20N6O2.